The zero-order chi connectivity index (χ0) is 14.8. The fraction of sp³-hybridized carbons (Fsp3) is 0.200. The Hall–Kier alpha value is -2.03. The normalized spacial score (nSPS) is 13.0. The van der Waals surface area contributed by atoms with E-state index in [1.807, 2.05) is 6.07 Å². The summed E-state index contributed by atoms with van der Waals surface area (Å²) in [5.41, 5.74) is 6.43. The van der Waals surface area contributed by atoms with Gasteiger partial charge in [-0.2, -0.15) is 0 Å². The molecule has 3 N–H and O–H groups in total. The van der Waals surface area contributed by atoms with Crippen LogP contribution in [0.2, 0.25) is 0 Å². The summed E-state index contributed by atoms with van der Waals surface area (Å²) in [7, 11) is -3.63. The van der Waals surface area contributed by atoms with Gasteiger partial charge in [0, 0.05) is 28.9 Å². The molecule has 1 atom stereocenters. The van der Waals surface area contributed by atoms with Crippen molar-refractivity contribution in [1.82, 2.24) is 4.72 Å². The standard InChI is InChI=1S/C15H16N2O2S/c1-3-6-11(2)17-20(18,19)15-10-9-14(16)12-7-4-5-8-13(12)15/h1,4-5,7-11,17H,6,16H2,2H3. The number of nitrogens with two attached hydrogens (primary N) is 1. The smallest absolute Gasteiger partial charge is 0.241 e. The van der Waals surface area contributed by atoms with Crippen molar-refractivity contribution in [2.24, 2.45) is 0 Å². The Bertz CT molecular complexity index is 776. The first-order valence-electron chi connectivity index (χ1n) is 6.18. The Morgan fingerprint density at radius 2 is 1.90 bits per heavy atom. The number of hydrogen-bond acceptors (Lipinski definition) is 3. The predicted octanol–water partition coefficient (Wildman–Crippen LogP) is 2.11. The molecule has 0 fully saturated rings. The Labute approximate surface area is 119 Å². The van der Waals surface area contributed by atoms with Crippen LogP contribution in [0.4, 0.5) is 5.69 Å². The molecule has 0 aliphatic rings. The Kier molecular flexibility index (Phi) is 3.98. The van der Waals surface area contributed by atoms with Crippen molar-refractivity contribution < 1.29 is 8.42 Å². The molecule has 0 saturated heterocycles. The molecule has 0 aliphatic heterocycles. The minimum atomic E-state index is -3.63. The lowest BCUT2D eigenvalue weighted by molar-refractivity contribution is 0.564. The van der Waals surface area contributed by atoms with Crippen molar-refractivity contribution in [3.05, 3.63) is 36.4 Å². The summed E-state index contributed by atoms with van der Waals surface area (Å²) in [6.45, 7) is 1.73. The van der Waals surface area contributed by atoms with E-state index in [9.17, 15) is 8.42 Å². The number of sulfonamides is 1. The van der Waals surface area contributed by atoms with E-state index in [1.165, 1.54) is 6.07 Å². The van der Waals surface area contributed by atoms with Crippen LogP contribution in [0.5, 0.6) is 0 Å². The lowest BCUT2D eigenvalue weighted by Crippen LogP contribution is -2.32. The lowest BCUT2D eigenvalue weighted by atomic mass is 10.1. The molecule has 104 valence electrons. The van der Waals surface area contributed by atoms with Gasteiger partial charge >= 0.3 is 0 Å². The molecule has 0 spiro atoms. The second kappa shape index (κ2) is 5.53. The second-order valence-corrected chi connectivity index (χ2v) is 6.31. The first-order chi connectivity index (χ1) is 9.45. The monoisotopic (exact) mass is 288 g/mol. The van der Waals surface area contributed by atoms with Gasteiger partial charge in [-0.05, 0) is 19.1 Å². The highest BCUT2D eigenvalue weighted by atomic mass is 32.2. The molecule has 0 bridgehead atoms. The van der Waals surface area contributed by atoms with Crippen LogP contribution in [0.3, 0.4) is 0 Å². The number of rotatable bonds is 4. The molecule has 5 heteroatoms. The predicted molar refractivity (Wildman–Crippen MR) is 81.6 cm³/mol. The number of fused-ring (bicyclic) bond motifs is 1. The van der Waals surface area contributed by atoms with Crippen molar-refractivity contribution in [3.63, 3.8) is 0 Å². The number of terminal acetylenes is 1. The van der Waals surface area contributed by atoms with Gasteiger partial charge in [-0.15, -0.1) is 12.3 Å². The van der Waals surface area contributed by atoms with E-state index in [4.69, 9.17) is 12.2 Å². The van der Waals surface area contributed by atoms with E-state index in [1.54, 1.807) is 31.2 Å². The van der Waals surface area contributed by atoms with E-state index in [0.717, 1.165) is 5.39 Å². The molecule has 4 nitrogen and oxygen atoms in total. The summed E-state index contributed by atoms with van der Waals surface area (Å²) >= 11 is 0. The lowest BCUT2D eigenvalue weighted by Gasteiger charge is -2.14. The van der Waals surface area contributed by atoms with Gasteiger partial charge in [-0.25, -0.2) is 13.1 Å². The van der Waals surface area contributed by atoms with Gasteiger partial charge < -0.3 is 5.73 Å². The molecule has 1 unspecified atom stereocenters. The van der Waals surface area contributed by atoms with Crippen molar-refractivity contribution in [3.8, 4) is 12.3 Å². The highest BCUT2D eigenvalue weighted by Crippen LogP contribution is 2.27. The SMILES string of the molecule is C#CCC(C)NS(=O)(=O)c1ccc(N)c2ccccc12. The number of hydrogen-bond donors (Lipinski definition) is 2. The van der Waals surface area contributed by atoms with Crippen LogP contribution in [-0.4, -0.2) is 14.5 Å². The van der Waals surface area contributed by atoms with Crippen LogP contribution in [0.25, 0.3) is 10.8 Å². The molecule has 2 aromatic rings. The van der Waals surface area contributed by atoms with E-state index in [0.29, 0.717) is 17.5 Å². The average Bonchev–Trinajstić information content (AvgIpc) is 2.38. The minimum Gasteiger partial charge on any atom is -0.398 e. The first kappa shape index (κ1) is 14.4. The van der Waals surface area contributed by atoms with Crippen LogP contribution in [-0.2, 0) is 10.0 Å². The zero-order valence-electron chi connectivity index (χ0n) is 11.1. The quantitative estimate of drug-likeness (QED) is 0.668. The Morgan fingerprint density at radius 3 is 2.55 bits per heavy atom. The summed E-state index contributed by atoms with van der Waals surface area (Å²) in [5.74, 6) is 2.44. The fourth-order valence-corrected chi connectivity index (χ4v) is 3.53. The van der Waals surface area contributed by atoms with Crippen LogP contribution in [0.1, 0.15) is 13.3 Å². The molecule has 0 radical (unpaired) electrons. The highest BCUT2D eigenvalue weighted by Gasteiger charge is 2.20. The van der Waals surface area contributed by atoms with Crippen LogP contribution in [0, 0.1) is 12.3 Å². The molecular weight excluding hydrogens is 272 g/mol. The first-order valence-corrected chi connectivity index (χ1v) is 7.67. The fourth-order valence-electron chi connectivity index (χ4n) is 2.08. The van der Waals surface area contributed by atoms with E-state index >= 15 is 0 Å². The molecule has 0 heterocycles. The summed E-state index contributed by atoms with van der Waals surface area (Å²) in [6, 6.07) is 9.95. The molecule has 0 saturated carbocycles. The Morgan fingerprint density at radius 1 is 1.25 bits per heavy atom. The maximum absolute atomic E-state index is 12.4. The van der Waals surface area contributed by atoms with Gasteiger partial charge in [0.05, 0.1) is 4.90 Å². The Balaban J connectivity index is 2.53. The molecule has 20 heavy (non-hydrogen) atoms. The van der Waals surface area contributed by atoms with Crippen LogP contribution < -0.4 is 10.5 Å². The summed E-state index contributed by atoms with van der Waals surface area (Å²) < 4.78 is 27.4. The summed E-state index contributed by atoms with van der Waals surface area (Å²) in [6.07, 6.45) is 5.54. The highest BCUT2D eigenvalue weighted by molar-refractivity contribution is 7.89. The summed E-state index contributed by atoms with van der Waals surface area (Å²) in [5, 5.41) is 1.33. The molecule has 0 aromatic heterocycles. The maximum Gasteiger partial charge on any atom is 0.241 e. The van der Waals surface area contributed by atoms with E-state index < -0.39 is 10.0 Å². The average molecular weight is 288 g/mol. The minimum absolute atomic E-state index is 0.214. The van der Waals surface area contributed by atoms with Gasteiger partial charge in [-0.3, -0.25) is 0 Å². The van der Waals surface area contributed by atoms with Crippen LogP contribution >= 0.6 is 0 Å². The third kappa shape index (κ3) is 2.77. The number of benzene rings is 2. The van der Waals surface area contributed by atoms with Crippen molar-refractivity contribution in [2.45, 2.75) is 24.3 Å². The van der Waals surface area contributed by atoms with Crippen molar-refractivity contribution in [1.29, 1.82) is 0 Å². The molecule has 2 rings (SSSR count). The summed E-state index contributed by atoms with van der Waals surface area (Å²) in [4.78, 5) is 0.214. The molecular formula is C15H16N2O2S. The van der Waals surface area contributed by atoms with Gasteiger partial charge in [0.15, 0.2) is 0 Å². The topological polar surface area (TPSA) is 72.2 Å². The number of nitrogen functional groups attached to an aromatic ring is 1. The molecule has 2 aromatic carbocycles. The van der Waals surface area contributed by atoms with Gasteiger partial charge in [0.1, 0.15) is 0 Å². The van der Waals surface area contributed by atoms with Gasteiger partial charge in [-0.1, -0.05) is 24.3 Å². The second-order valence-electron chi connectivity index (χ2n) is 4.63. The largest absolute Gasteiger partial charge is 0.398 e. The number of nitrogens with one attached hydrogen (secondary N) is 1. The van der Waals surface area contributed by atoms with E-state index in [2.05, 4.69) is 10.6 Å². The molecule has 0 amide bonds. The zero-order valence-corrected chi connectivity index (χ0v) is 11.9. The van der Waals surface area contributed by atoms with E-state index in [-0.39, 0.29) is 10.9 Å². The van der Waals surface area contributed by atoms with Crippen molar-refractivity contribution in [2.75, 3.05) is 5.73 Å². The maximum atomic E-state index is 12.4. The third-order valence-corrected chi connectivity index (χ3v) is 4.64. The van der Waals surface area contributed by atoms with Crippen molar-refractivity contribution >= 4 is 26.5 Å². The molecule has 0 aliphatic carbocycles. The third-order valence-electron chi connectivity index (χ3n) is 2.99. The number of anilines is 1. The van der Waals surface area contributed by atoms with Crippen LogP contribution in [0.15, 0.2) is 41.3 Å². The van der Waals surface area contributed by atoms with Gasteiger partial charge in [0.2, 0.25) is 10.0 Å². The van der Waals surface area contributed by atoms with Gasteiger partial charge in [0.25, 0.3) is 0 Å².